The monoisotopic (exact) mass is 328 g/mol. The third kappa shape index (κ3) is 3.09. The first-order valence-electron chi connectivity index (χ1n) is 7.69. The first-order chi connectivity index (χ1) is 11.0. The van der Waals surface area contributed by atoms with Gasteiger partial charge in [-0.2, -0.15) is 5.10 Å². The van der Waals surface area contributed by atoms with Crippen LogP contribution in [-0.2, 0) is 13.0 Å². The van der Waals surface area contributed by atoms with E-state index in [0.717, 1.165) is 41.1 Å². The molecule has 0 saturated carbocycles. The predicted molar refractivity (Wildman–Crippen MR) is 94.1 cm³/mol. The highest BCUT2D eigenvalue weighted by molar-refractivity contribution is 6.30. The molecule has 1 aromatic carbocycles. The summed E-state index contributed by atoms with van der Waals surface area (Å²) in [6, 6.07) is 10.3. The van der Waals surface area contributed by atoms with Crippen LogP contribution in [0.5, 0.6) is 0 Å². The van der Waals surface area contributed by atoms with E-state index in [2.05, 4.69) is 22.1 Å². The van der Waals surface area contributed by atoms with Crippen molar-refractivity contribution < 1.29 is 0 Å². The molecule has 120 valence electrons. The fraction of sp³-hybridized carbons (Fsp3) is 0.333. The van der Waals surface area contributed by atoms with Crippen molar-refractivity contribution >= 4 is 17.2 Å². The second kappa shape index (κ2) is 6.30. The Morgan fingerprint density at radius 3 is 2.39 bits per heavy atom. The van der Waals surface area contributed by atoms with Crippen molar-refractivity contribution in [2.75, 3.05) is 14.1 Å². The van der Waals surface area contributed by atoms with Crippen LogP contribution in [0.2, 0.25) is 5.15 Å². The maximum absolute atomic E-state index is 6.67. The molecule has 3 aromatic rings. The Morgan fingerprint density at radius 2 is 1.74 bits per heavy atom. The second-order valence-corrected chi connectivity index (χ2v) is 6.52. The highest BCUT2D eigenvalue weighted by atomic mass is 35.5. The maximum Gasteiger partial charge on any atom is 0.161 e. The number of hydrogen-bond acceptors (Lipinski definition) is 3. The van der Waals surface area contributed by atoms with E-state index in [1.807, 2.05) is 46.1 Å². The molecule has 0 aliphatic carbocycles. The van der Waals surface area contributed by atoms with Crippen molar-refractivity contribution in [1.29, 1.82) is 0 Å². The number of benzene rings is 1. The molecule has 5 heteroatoms. The molecule has 0 spiro atoms. The van der Waals surface area contributed by atoms with Gasteiger partial charge in [0.05, 0.1) is 5.69 Å². The zero-order valence-electron chi connectivity index (χ0n) is 14.0. The molecule has 4 nitrogen and oxygen atoms in total. The van der Waals surface area contributed by atoms with Crippen LogP contribution < -0.4 is 0 Å². The van der Waals surface area contributed by atoms with Crippen molar-refractivity contribution in [2.24, 2.45) is 0 Å². The summed E-state index contributed by atoms with van der Waals surface area (Å²) in [6.07, 6.45) is 0.760. The summed E-state index contributed by atoms with van der Waals surface area (Å²) in [5.74, 6) is 0. The Hall–Kier alpha value is -1.91. The van der Waals surface area contributed by atoms with Gasteiger partial charge in [0.15, 0.2) is 5.65 Å². The molecule has 0 atom stereocenters. The molecule has 0 bridgehead atoms. The van der Waals surface area contributed by atoms with Crippen LogP contribution >= 0.6 is 11.6 Å². The summed E-state index contributed by atoms with van der Waals surface area (Å²) in [5.41, 5.74) is 6.18. The molecule has 3 rings (SSSR count). The van der Waals surface area contributed by atoms with E-state index in [9.17, 15) is 0 Å². The Balaban J connectivity index is 2.11. The molecular weight excluding hydrogens is 308 g/mol. The van der Waals surface area contributed by atoms with Gasteiger partial charge >= 0.3 is 0 Å². The fourth-order valence-corrected chi connectivity index (χ4v) is 3.13. The number of aromatic nitrogens is 3. The zero-order valence-corrected chi connectivity index (χ0v) is 14.7. The lowest BCUT2D eigenvalue weighted by molar-refractivity contribution is 0.403. The number of nitrogens with zero attached hydrogens (tertiary/aromatic N) is 4. The Kier molecular flexibility index (Phi) is 4.37. The molecule has 2 heterocycles. The van der Waals surface area contributed by atoms with E-state index >= 15 is 0 Å². The van der Waals surface area contributed by atoms with Gasteiger partial charge in [-0.15, -0.1) is 0 Å². The van der Waals surface area contributed by atoms with Crippen LogP contribution in [0.3, 0.4) is 0 Å². The van der Waals surface area contributed by atoms with Gasteiger partial charge in [-0.1, -0.05) is 41.9 Å². The van der Waals surface area contributed by atoms with Crippen LogP contribution in [0.1, 0.15) is 28.1 Å². The Labute approximate surface area is 141 Å². The quantitative estimate of drug-likeness (QED) is 0.685. The summed E-state index contributed by atoms with van der Waals surface area (Å²) >= 11 is 6.67. The molecule has 0 aliphatic rings. The van der Waals surface area contributed by atoms with Crippen molar-refractivity contribution in [3.05, 3.63) is 63.6 Å². The van der Waals surface area contributed by atoms with E-state index in [4.69, 9.17) is 16.6 Å². The highest BCUT2D eigenvalue weighted by Gasteiger charge is 2.18. The van der Waals surface area contributed by atoms with Crippen molar-refractivity contribution in [3.63, 3.8) is 0 Å². The molecular formula is C18H21ClN4. The molecule has 0 N–H and O–H groups in total. The summed E-state index contributed by atoms with van der Waals surface area (Å²) in [4.78, 5) is 6.91. The Morgan fingerprint density at radius 1 is 1.04 bits per heavy atom. The first kappa shape index (κ1) is 16.0. The van der Waals surface area contributed by atoms with Crippen molar-refractivity contribution in [3.8, 4) is 0 Å². The normalized spacial score (nSPS) is 11.6. The average molecular weight is 329 g/mol. The summed E-state index contributed by atoms with van der Waals surface area (Å²) in [6.45, 7) is 4.83. The minimum Gasteiger partial charge on any atom is -0.305 e. The number of rotatable bonds is 4. The number of hydrogen-bond donors (Lipinski definition) is 0. The van der Waals surface area contributed by atoms with Crippen LogP contribution in [0.15, 0.2) is 30.3 Å². The first-order valence-corrected chi connectivity index (χ1v) is 8.07. The lowest BCUT2D eigenvalue weighted by Crippen LogP contribution is -2.12. The van der Waals surface area contributed by atoms with Gasteiger partial charge in [0.25, 0.3) is 0 Å². The van der Waals surface area contributed by atoms with Crippen LogP contribution in [0, 0.1) is 13.8 Å². The zero-order chi connectivity index (χ0) is 16.6. The minimum atomic E-state index is 0.657. The van der Waals surface area contributed by atoms with Gasteiger partial charge in [0.1, 0.15) is 5.15 Å². The third-order valence-electron chi connectivity index (χ3n) is 4.00. The lowest BCUT2D eigenvalue weighted by Gasteiger charge is -2.12. The van der Waals surface area contributed by atoms with Gasteiger partial charge < -0.3 is 4.90 Å². The van der Waals surface area contributed by atoms with Crippen LogP contribution in [-0.4, -0.2) is 33.6 Å². The average Bonchev–Trinajstić information content (AvgIpc) is 2.81. The minimum absolute atomic E-state index is 0.657. The Bertz CT molecular complexity index is 837. The summed E-state index contributed by atoms with van der Waals surface area (Å²) in [5, 5.41) is 5.26. The maximum atomic E-state index is 6.67. The van der Waals surface area contributed by atoms with Crippen molar-refractivity contribution in [1.82, 2.24) is 19.5 Å². The third-order valence-corrected chi connectivity index (χ3v) is 4.39. The van der Waals surface area contributed by atoms with Gasteiger partial charge in [-0.3, -0.25) is 0 Å². The van der Waals surface area contributed by atoms with Crippen LogP contribution in [0.25, 0.3) is 5.65 Å². The number of halogens is 1. The summed E-state index contributed by atoms with van der Waals surface area (Å²) in [7, 11) is 4.09. The highest BCUT2D eigenvalue weighted by Crippen LogP contribution is 2.26. The molecule has 0 radical (unpaired) electrons. The fourth-order valence-electron chi connectivity index (χ4n) is 2.80. The smallest absolute Gasteiger partial charge is 0.161 e. The van der Waals surface area contributed by atoms with Crippen molar-refractivity contribution in [2.45, 2.75) is 26.8 Å². The summed E-state index contributed by atoms with van der Waals surface area (Å²) < 4.78 is 1.78. The van der Waals surface area contributed by atoms with Gasteiger partial charge in [-0.25, -0.2) is 9.50 Å². The van der Waals surface area contributed by atoms with E-state index in [0.29, 0.717) is 5.15 Å². The molecule has 2 aromatic heterocycles. The molecule has 0 aliphatic heterocycles. The van der Waals surface area contributed by atoms with E-state index in [1.165, 1.54) is 5.56 Å². The lowest BCUT2D eigenvalue weighted by atomic mass is 10.1. The SMILES string of the molecule is Cc1nc2c(CN(C)C)c(C)nn2c(Cl)c1Cc1ccccc1. The molecule has 0 unspecified atom stereocenters. The molecule has 23 heavy (non-hydrogen) atoms. The van der Waals surface area contributed by atoms with Crippen LogP contribution in [0.4, 0.5) is 0 Å². The number of fused-ring (bicyclic) bond motifs is 1. The predicted octanol–water partition coefficient (Wildman–Crippen LogP) is 3.65. The van der Waals surface area contributed by atoms with Gasteiger partial charge in [-0.05, 0) is 33.5 Å². The van der Waals surface area contributed by atoms with E-state index < -0.39 is 0 Å². The number of aryl methyl sites for hydroxylation is 2. The molecule has 0 saturated heterocycles. The van der Waals surface area contributed by atoms with E-state index in [-0.39, 0.29) is 0 Å². The second-order valence-electron chi connectivity index (χ2n) is 6.17. The topological polar surface area (TPSA) is 33.4 Å². The standard InChI is InChI=1S/C18H21ClN4/c1-12-15(10-14-8-6-5-7-9-14)17(19)23-18(20-12)16(11-22(3)4)13(2)21-23/h5-9H,10-11H2,1-4H3. The van der Waals surface area contributed by atoms with Gasteiger partial charge in [0, 0.05) is 29.8 Å². The molecule has 0 fully saturated rings. The molecule has 0 amide bonds. The largest absolute Gasteiger partial charge is 0.305 e. The van der Waals surface area contributed by atoms with Gasteiger partial charge in [0.2, 0.25) is 0 Å². The van der Waals surface area contributed by atoms with E-state index in [1.54, 1.807) is 4.52 Å².